The molecular formula is C22H18ClN5O4. The van der Waals surface area contributed by atoms with E-state index in [2.05, 4.69) is 15.4 Å². The summed E-state index contributed by atoms with van der Waals surface area (Å²) in [6.45, 7) is 0. The van der Waals surface area contributed by atoms with E-state index in [1.54, 1.807) is 71.8 Å². The number of carboxylic acids is 1. The van der Waals surface area contributed by atoms with E-state index in [1.807, 2.05) is 0 Å². The molecule has 0 aliphatic rings. The number of aromatic hydroxyl groups is 1. The summed E-state index contributed by atoms with van der Waals surface area (Å²) in [7, 11) is 0. The summed E-state index contributed by atoms with van der Waals surface area (Å²) in [4.78, 5) is 28.2. The molecule has 10 heteroatoms. The lowest BCUT2D eigenvalue weighted by Crippen LogP contribution is -2.30. The number of carbonyl (C=O) groups excluding carboxylic acids is 1. The van der Waals surface area contributed by atoms with Crippen molar-refractivity contribution in [3.8, 4) is 17.3 Å². The fraction of sp³-hybridized carbons (Fsp3) is 0.0909. The highest BCUT2D eigenvalue weighted by molar-refractivity contribution is 6.32. The van der Waals surface area contributed by atoms with Gasteiger partial charge in [-0.1, -0.05) is 35.9 Å². The van der Waals surface area contributed by atoms with Crippen molar-refractivity contribution in [1.82, 2.24) is 24.6 Å². The number of hydrogen-bond acceptors (Lipinski definition) is 5. The van der Waals surface area contributed by atoms with Crippen LogP contribution in [0.3, 0.4) is 0 Å². The lowest BCUT2D eigenvalue weighted by Gasteiger charge is -2.17. The third-order valence-electron chi connectivity index (χ3n) is 4.79. The highest BCUT2D eigenvalue weighted by atomic mass is 35.5. The number of nitrogens with one attached hydrogen (secondary N) is 1. The molecule has 0 saturated heterocycles. The van der Waals surface area contributed by atoms with Gasteiger partial charge in [-0.3, -0.25) is 9.59 Å². The summed E-state index contributed by atoms with van der Waals surface area (Å²) in [5, 5.41) is 26.7. The van der Waals surface area contributed by atoms with Crippen LogP contribution in [0.15, 0.2) is 73.3 Å². The quantitative estimate of drug-likeness (QED) is 0.396. The Hall–Kier alpha value is -4.11. The van der Waals surface area contributed by atoms with Crippen LogP contribution in [0.25, 0.3) is 11.4 Å². The smallest absolute Gasteiger partial charge is 0.305 e. The molecule has 2 aromatic carbocycles. The number of aromatic nitrogens is 4. The average Bonchev–Trinajstić information content (AvgIpc) is 3.44. The van der Waals surface area contributed by atoms with Gasteiger partial charge in [0.25, 0.3) is 5.91 Å². The van der Waals surface area contributed by atoms with Gasteiger partial charge in [-0.15, -0.1) is 0 Å². The van der Waals surface area contributed by atoms with Crippen molar-refractivity contribution in [2.24, 2.45) is 0 Å². The summed E-state index contributed by atoms with van der Waals surface area (Å²) in [6.07, 6.45) is 4.76. The minimum Gasteiger partial charge on any atom is -0.493 e. The zero-order valence-corrected chi connectivity index (χ0v) is 17.3. The van der Waals surface area contributed by atoms with Gasteiger partial charge in [-0.25, -0.2) is 4.98 Å². The van der Waals surface area contributed by atoms with Gasteiger partial charge in [0, 0.05) is 24.1 Å². The maximum atomic E-state index is 12.8. The van der Waals surface area contributed by atoms with Gasteiger partial charge >= 0.3 is 5.97 Å². The van der Waals surface area contributed by atoms with Crippen LogP contribution in [-0.2, 0) is 4.79 Å². The topological polar surface area (TPSA) is 122 Å². The van der Waals surface area contributed by atoms with Crippen LogP contribution in [0, 0.1) is 0 Å². The second-order valence-electron chi connectivity index (χ2n) is 6.94. The van der Waals surface area contributed by atoms with Crippen molar-refractivity contribution in [1.29, 1.82) is 0 Å². The Kier molecular flexibility index (Phi) is 5.91. The molecule has 0 spiro atoms. The van der Waals surface area contributed by atoms with E-state index in [-0.39, 0.29) is 18.0 Å². The van der Waals surface area contributed by atoms with Crippen molar-refractivity contribution in [2.75, 3.05) is 0 Å². The van der Waals surface area contributed by atoms with Crippen molar-refractivity contribution in [3.63, 3.8) is 0 Å². The third-order valence-corrected chi connectivity index (χ3v) is 5.11. The first kappa shape index (κ1) is 21.1. The predicted octanol–water partition coefficient (Wildman–Crippen LogP) is 3.36. The molecule has 0 radical (unpaired) electrons. The Labute approximate surface area is 187 Å². The van der Waals surface area contributed by atoms with Gasteiger partial charge in [-0.2, -0.15) is 9.78 Å². The Morgan fingerprint density at radius 3 is 2.53 bits per heavy atom. The number of nitrogens with zero attached hydrogens (tertiary/aromatic N) is 4. The highest BCUT2D eigenvalue weighted by Crippen LogP contribution is 2.25. The van der Waals surface area contributed by atoms with Crippen LogP contribution in [0.1, 0.15) is 28.5 Å². The minimum atomic E-state index is -1.07. The molecule has 0 saturated carbocycles. The Balaban J connectivity index is 1.57. The molecule has 162 valence electrons. The van der Waals surface area contributed by atoms with Crippen LogP contribution in [0.5, 0.6) is 5.88 Å². The molecule has 0 aliphatic carbocycles. The molecule has 3 N–H and O–H groups in total. The summed E-state index contributed by atoms with van der Waals surface area (Å²) >= 11 is 6.15. The zero-order chi connectivity index (χ0) is 22.7. The lowest BCUT2D eigenvalue weighted by atomic mass is 10.0. The van der Waals surface area contributed by atoms with E-state index in [9.17, 15) is 19.8 Å². The van der Waals surface area contributed by atoms with Gasteiger partial charge in [0.1, 0.15) is 0 Å². The normalized spacial score (nSPS) is 11.8. The number of para-hydroxylation sites is 1. The van der Waals surface area contributed by atoms with Crippen LogP contribution in [-0.4, -0.2) is 41.4 Å². The van der Waals surface area contributed by atoms with Crippen LogP contribution < -0.4 is 5.32 Å². The second-order valence-corrected chi connectivity index (χ2v) is 7.34. The van der Waals surface area contributed by atoms with Crippen LogP contribution >= 0.6 is 11.6 Å². The first-order valence-corrected chi connectivity index (χ1v) is 9.95. The van der Waals surface area contributed by atoms with Crippen molar-refractivity contribution in [2.45, 2.75) is 12.5 Å². The lowest BCUT2D eigenvalue weighted by molar-refractivity contribution is -0.137. The molecule has 4 aromatic rings. The first-order chi connectivity index (χ1) is 15.4. The van der Waals surface area contributed by atoms with E-state index in [0.717, 1.165) is 10.4 Å². The van der Waals surface area contributed by atoms with Gasteiger partial charge in [0.05, 0.1) is 29.5 Å². The van der Waals surface area contributed by atoms with Crippen molar-refractivity contribution in [3.05, 3.63) is 89.6 Å². The maximum Gasteiger partial charge on any atom is 0.305 e. The number of amides is 1. The summed E-state index contributed by atoms with van der Waals surface area (Å²) < 4.78 is 2.95. The number of aliphatic carboxylic acids is 1. The number of benzene rings is 2. The van der Waals surface area contributed by atoms with Crippen LogP contribution in [0.2, 0.25) is 5.02 Å². The molecule has 2 heterocycles. The number of hydrogen-bond donors (Lipinski definition) is 3. The van der Waals surface area contributed by atoms with E-state index in [4.69, 9.17) is 11.6 Å². The summed E-state index contributed by atoms with van der Waals surface area (Å²) in [5.41, 5.74) is 1.78. The number of carbonyl (C=O) groups is 2. The first-order valence-electron chi connectivity index (χ1n) is 9.57. The molecule has 1 unspecified atom stereocenters. The largest absolute Gasteiger partial charge is 0.493 e. The molecule has 9 nitrogen and oxygen atoms in total. The second kappa shape index (κ2) is 8.94. The number of carboxylic acid groups (broad SMARTS) is 1. The van der Waals surface area contributed by atoms with Gasteiger partial charge in [-0.05, 0) is 29.8 Å². The van der Waals surface area contributed by atoms with Crippen LogP contribution in [0.4, 0.5) is 0 Å². The molecule has 2 aromatic heterocycles. The standard InChI is InChI=1S/C22H18ClN5O4/c23-16-3-1-2-4-19(16)28-20(29)11-18(26-28)22(32)25-17(12-21(30)31)14-5-7-15(8-6-14)27-10-9-24-13-27/h1-11,13,17,29H,12H2,(H,25,32)(H,30,31). The van der Waals surface area contributed by atoms with E-state index in [0.29, 0.717) is 16.3 Å². The molecule has 0 aliphatic heterocycles. The monoisotopic (exact) mass is 451 g/mol. The molecule has 32 heavy (non-hydrogen) atoms. The van der Waals surface area contributed by atoms with Gasteiger partial charge < -0.3 is 20.1 Å². The molecule has 4 rings (SSSR count). The average molecular weight is 452 g/mol. The van der Waals surface area contributed by atoms with E-state index >= 15 is 0 Å². The Morgan fingerprint density at radius 1 is 1.12 bits per heavy atom. The number of halogens is 1. The highest BCUT2D eigenvalue weighted by Gasteiger charge is 2.22. The minimum absolute atomic E-state index is 0.0761. The molecular weight excluding hydrogens is 434 g/mol. The van der Waals surface area contributed by atoms with Gasteiger partial charge in [0.2, 0.25) is 5.88 Å². The predicted molar refractivity (Wildman–Crippen MR) is 116 cm³/mol. The SMILES string of the molecule is O=C(O)CC(NC(=O)c1cc(O)n(-c2ccccc2Cl)n1)c1ccc(-n2ccnc2)cc1. The zero-order valence-electron chi connectivity index (χ0n) is 16.6. The summed E-state index contributed by atoms with van der Waals surface area (Å²) in [6, 6.07) is 14.2. The fourth-order valence-corrected chi connectivity index (χ4v) is 3.45. The molecule has 1 atom stereocenters. The van der Waals surface area contributed by atoms with E-state index < -0.39 is 17.9 Å². The van der Waals surface area contributed by atoms with Gasteiger partial charge in [0.15, 0.2) is 5.69 Å². The van der Waals surface area contributed by atoms with Crippen molar-refractivity contribution >= 4 is 23.5 Å². The summed E-state index contributed by atoms with van der Waals surface area (Å²) in [5.74, 6) is -1.97. The maximum absolute atomic E-state index is 12.8. The number of imidazole rings is 1. The molecule has 0 bridgehead atoms. The third kappa shape index (κ3) is 4.47. The van der Waals surface area contributed by atoms with Crippen molar-refractivity contribution < 1.29 is 19.8 Å². The fourth-order valence-electron chi connectivity index (χ4n) is 3.23. The Morgan fingerprint density at radius 2 is 1.88 bits per heavy atom. The Bertz CT molecular complexity index is 1250. The molecule has 1 amide bonds. The molecule has 0 fully saturated rings. The van der Waals surface area contributed by atoms with E-state index in [1.165, 1.54) is 6.07 Å². The number of rotatable bonds is 7.